The van der Waals surface area contributed by atoms with E-state index in [0.717, 1.165) is 33.9 Å². The van der Waals surface area contributed by atoms with Gasteiger partial charge in [-0.15, -0.1) is 17.5 Å². The van der Waals surface area contributed by atoms with Gasteiger partial charge in [0.2, 0.25) is 5.88 Å². The van der Waals surface area contributed by atoms with Crippen LogP contribution in [0.25, 0.3) is 38.5 Å². The van der Waals surface area contributed by atoms with Crippen molar-refractivity contribution >= 4 is 32.7 Å². The maximum atomic E-state index is 13.4. The molecule has 0 radical (unpaired) electrons. The molecule has 0 aliphatic heterocycles. The first kappa shape index (κ1) is 23.8. The summed E-state index contributed by atoms with van der Waals surface area (Å²) in [5.74, 6) is 0.688. The Morgan fingerprint density at radius 1 is 0.833 bits per heavy atom. The van der Waals surface area contributed by atoms with Crippen molar-refractivity contribution < 1.29 is 43.4 Å². The van der Waals surface area contributed by atoms with Crippen molar-refractivity contribution in [2.45, 2.75) is 6.18 Å². The minimum Gasteiger partial charge on any atom is -0.506 e. The molecule has 1 N–H and O–H groups in total. The summed E-state index contributed by atoms with van der Waals surface area (Å²) in [5.41, 5.74) is 0.603. The third kappa shape index (κ3) is 3.96. The van der Waals surface area contributed by atoms with Gasteiger partial charge in [-0.25, -0.2) is 9.97 Å². The molecule has 0 saturated carbocycles. The number of pyridine rings is 2. The number of aromatic nitrogens is 3. The van der Waals surface area contributed by atoms with E-state index in [0.29, 0.717) is 11.6 Å². The molecule has 0 spiro atoms. The van der Waals surface area contributed by atoms with Gasteiger partial charge >= 0.3 is 6.18 Å². The normalized spacial score (nSPS) is 11.6. The Hall–Kier alpha value is -3.93. The van der Waals surface area contributed by atoms with Crippen molar-refractivity contribution in [2.24, 2.45) is 0 Å². The number of hydrogen-bond donors (Lipinski definition) is 1. The average molecular weight is 577 g/mol. The summed E-state index contributed by atoms with van der Waals surface area (Å²) in [7, 11) is 0. The molecule has 0 amide bonds. The van der Waals surface area contributed by atoms with Crippen LogP contribution in [0.1, 0.15) is 5.56 Å². The second-order valence-electron chi connectivity index (χ2n) is 7.90. The fourth-order valence-corrected chi connectivity index (χ4v) is 4.26. The van der Waals surface area contributed by atoms with Crippen LogP contribution in [-0.4, -0.2) is 19.6 Å². The molecular weight excluding hydrogens is 562 g/mol. The van der Waals surface area contributed by atoms with Gasteiger partial charge in [0.05, 0.1) is 5.56 Å². The molecule has 0 aliphatic carbocycles. The van der Waals surface area contributed by atoms with Gasteiger partial charge < -0.3 is 14.4 Å². The van der Waals surface area contributed by atoms with Gasteiger partial charge in [0.25, 0.3) is 0 Å². The van der Waals surface area contributed by atoms with Crippen LogP contribution in [0.3, 0.4) is 0 Å². The minimum absolute atomic E-state index is 0. The van der Waals surface area contributed by atoms with Gasteiger partial charge in [0.15, 0.2) is 0 Å². The van der Waals surface area contributed by atoms with E-state index in [1.165, 1.54) is 12.1 Å². The molecule has 36 heavy (non-hydrogen) atoms. The SMILES string of the molecule is Oc1ccc(C(F)(F)F)c2ccc(Oc3[c-]c4c(cc3)c3ccccc3n4-c3ccccn3)nc12.[Pd]. The zero-order chi connectivity index (χ0) is 24.2. The summed E-state index contributed by atoms with van der Waals surface area (Å²) in [4.78, 5) is 8.61. The zero-order valence-corrected chi connectivity index (χ0v) is 19.8. The van der Waals surface area contributed by atoms with Gasteiger partial charge in [-0.1, -0.05) is 29.8 Å². The van der Waals surface area contributed by atoms with Gasteiger partial charge in [-0.2, -0.15) is 19.2 Å². The summed E-state index contributed by atoms with van der Waals surface area (Å²) < 4.78 is 47.9. The van der Waals surface area contributed by atoms with E-state index >= 15 is 0 Å². The summed E-state index contributed by atoms with van der Waals surface area (Å²) in [6, 6.07) is 24.8. The summed E-state index contributed by atoms with van der Waals surface area (Å²) in [5, 5.41) is 11.9. The standard InChI is InChI=1S/C27H15F3N3O2.Pd/c28-27(29,30)20-11-12-23(34)26-19(20)10-13-25(32-26)35-16-8-9-18-17-5-1-2-6-21(17)33(22(18)15-16)24-7-3-4-14-31-24;/h1-14,34H;/q-1;. The number of benzene rings is 3. The minimum atomic E-state index is -4.58. The molecular formula is C27H15F3N3O2Pd-. The average Bonchev–Trinajstić information content (AvgIpc) is 3.18. The topological polar surface area (TPSA) is 60.2 Å². The second-order valence-corrected chi connectivity index (χ2v) is 7.90. The molecule has 6 rings (SSSR count). The van der Waals surface area contributed by atoms with Crippen molar-refractivity contribution in [2.75, 3.05) is 0 Å². The largest absolute Gasteiger partial charge is 0.506 e. The Kier molecular flexibility index (Phi) is 5.91. The van der Waals surface area contributed by atoms with Crippen LogP contribution in [0.5, 0.6) is 17.4 Å². The summed E-state index contributed by atoms with van der Waals surface area (Å²) in [6.45, 7) is 0. The van der Waals surface area contributed by atoms with Crippen molar-refractivity contribution in [3.8, 4) is 23.2 Å². The molecule has 9 heteroatoms. The number of fused-ring (bicyclic) bond motifs is 4. The van der Waals surface area contributed by atoms with Crippen LogP contribution in [-0.2, 0) is 26.6 Å². The van der Waals surface area contributed by atoms with Crippen LogP contribution in [0.15, 0.2) is 85.1 Å². The first-order chi connectivity index (χ1) is 16.9. The number of para-hydroxylation sites is 1. The first-order valence-electron chi connectivity index (χ1n) is 10.6. The van der Waals surface area contributed by atoms with E-state index in [9.17, 15) is 18.3 Å². The maximum absolute atomic E-state index is 13.4. The van der Waals surface area contributed by atoms with Crippen molar-refractivity contribution in [1.82, 2.24) is 14.5 Å². The number of hydrogen-bond acceptors (Lipinski definition) is 4. The Labute approximate surface area is 216 Å². The second kappa shape index (κ2) is 8.94. The molecule has 182 valence electrons. The Morgan fingerprint density at radius 2 is 1.61 bits per heavy atom. The zero-order valence-electron chi connectivity index (χ0n) is 18.2. The van der Waals surface area contributed by atoms with Gasteiger partial charge in [-0.3, -0.25) is 0 Å². The number of rotatable bonds is 3. The van der Waals surface area contributed by atoms with Crippen LogP contribution in [0.4, 0.5) is 13.2 Å². The Balaban J connectivity index is 0.00000267. The number of ether oxygens (including phenoxy) is 1. The number of halogens is 3. The van der Waals surface area contributed by atoms with Crippen molar-refractivity contribution in [1.29, 1.82) is 0 Å². The quantitative estimate of drug-likeness (QED) is 0.181. The number of phenols is 1. The van der Waals surface area contributed by atoms with Gasteiger partial charge in [-0.05, 0) is 41.8 Å². The predicted molar refractivity (Wildman–Crippen MR) is 126 cm³/mol. The fraction of sp³-hybridized carbons (Fsp3) is 0.0370. The molecule has 0 atom stereocenters. The number of alkyl halides is 3. The fourth-order valence-electron chi connectivity index (χ4n) is 4.26. The summed E-state index contributed by atoms with van der Waals surface area (Å²) >= 11 is 0. The Bertz CT molecular complexity index is 1730. The van der Waals surface area contributed by atoms with E-state index in [-0.39, 0.29) is 43.0 Å². The molecule has 5 nitrogen and oxygen atoms in total. The van der Waals surface area contributed by atoms with E-state index < -0.39 is 11.7 Å². The van der Waals surface area contributed by atoms with E-state index in [4.69, 9.17) is 4.74 Å². The molecule has 0 bridgehead atoms. The molecule has 3 aromatic heterocycles. The molecule has 0 fully saturated rings. The first-order valence-corrected chi connectivity index (χ1v) is 10.6. The third-order valence-electron chi connectivity index (χ3n) is 5.77. The van der Waals surface area contributed by atoms with Gasteiger partial charge in [0.1, 0.15) is 17.1 Å². The predicted octanol–water partition coefficient (Wildman–Crippen LogP) is 7.04. The molecule has 0 saturated heterocycles. The summed E-state index contributed by atoms with van der Waals surface area (Å²) in [6.07, 6.45) is -2.87. The van der Waals surface area contributed by atoms with Crippen molar-refractivity contribution in [3.63, 3.8) is 0 Å². The molecule has 0 unspecified atom stereocenters. The maximum Gasteiger partial charge on any atom is 0.417 e. The molecule has 3 aromatic carbocycles. The van der Waals surface area contributed by atoms with Crippen LogP contribution in [0, 0.1) is 6.07 Å². The monoisotopic (exact) mass is 576 g/mol. The van der Waals surface area contributed by atoms with E-state index in [2.05, 4.69) is 16.0 Å². The number of aromatic hydroxyl groups is 1. The van der Waals surface area contributed by atoms with Crippen molar-refractivity contribution in [3.05, 3.63) is 96.7 Å². The number of nitrogens with zero attached hydrogens (tertiary/aromatic N) is 3. The molecule has 3 heterocycles. The molecule has 6 aromatic rings. The van der Waals surface area contributed by atoms with E-state index in [1.807, 2.05) is 53.1 Å². The smallest absolute Gasteiger partial charge is 0.417 e. The van der Waals surface area contributed by atoms with Crippen LogP contribution >= 0.6 is 0 Å². The van der Waals surface area contributed by atoms with E-state index in [1.54, 1.807) is 12.3 Å². The van der Waals surface area contributed by atoms with Crippen LogP contribution in [0.2, 0.25) is 0 Å². The van der Waals surface area contributed by atoms with Gasteiger partial charge in [0, 0.05) is 49.3 Å². The molecule has 0 aliphatic rings. The number of phenolic OH excluding ortho intramolecular Hbond substituents is 1. The Morgan fingerprint density at radius 3 is 2.39 bits per heavy atom. The third-order valence-corrected chi connectivity index (χ3v) is 5.77. The van der Waals surface area contributed by atoms with Crippen LogP contribution < -0.4 is 4.74 Å².